The van der Waals surface area contributed by atoms with Crippen LogP contribution in [0, 0.1) is 0 Å². The second-order valence-corrected chi connectivity index (χ2v) is 3.62. The Balaban J connectivity index is 0.000000771. The molecule has 0 radical (unpaired) electrons. The van der Waals surface area contributed by atoms with Crippen LogP contribution in [0.25, 0.3) is 0 Å². The van der Waals surface area contributed by atoms with Crippen LogP contribution in [0.15, 0.2) is 43.0 Å². The number of rotatable bonds is 3. The second kappa shape index (κ2) is 7.27. The van der Waals surface area contributed by atoms with E-state index in [0.717, 1.165) is 17.8 Å². The molecule has 0 unspecified atom stereocenters. The normalized spacial score (nSPS) is 9.28. The van der Waals surface area contributed by atoms with E-state index < -0.39 is 0 Å². The Morgan fingerprint density at radius 3 is 2.78 bits per heavy atom. The number of anilines is 1. The van der Waals surface area contributed by atoms with Gasteiger partial charge in [0.15, 0.2) is 0 Å². The molecule has 18 heavy (non-hydrogen) atoms. The number of imidazole rings is 1. The highest BCUT2D eigenvalue weighted by Crippen LogP contribution is 2.11. The first-order valence-electron chi connectivity index (χ1n) is 6.06. The maximum absolute atomic E-state index is 10.9. The first-order chi connectivity index (χ1) is 8.74. The molecule has 0 spiro atoms. The van der Waals surface area contributed by atoms with Gasteiger partial charge in [-0.1, -0.05) is 26.0 Å². The first kappa shape index (κ1) is 14.0. The molecule has 1 amide bonds. The number of nitrogens with zero attached hydrogens (tertiary/aromatic N) is 2. The molecule has 2 rings (SSSR count). The van der Waals surface area contributed by atoms with Gasteiger partial charge in [0.05, 0.1) is 6.33 Å². The third-order valence-electron chi connectivity index (χ3n) is 2.17. The van der Waals surface area contributed by atoms with E-state index in [-0.39, 0.29) is 5.91 Å². The van der Waals surface area contributed by atoms with Crippen LogP contribution in [-0.2, 0) is 11.3 Å². The van der Waals surface area contributed by atoms with Gasteiger partial charge >= 0.3 is 0 Å². The smallest absolute Gasteiger partial charge is 0.221 e. The lowest BCUT2D eigenvalue weighted by Crippen LogP contribution is -2.06. The summed E-state index contributed by atoms with van der Waals surface area (Å²) in [4.78, 5) is 14.9. The van der Waals surface area contributed by atoms with Gasteiger partial charge in [0.25, 0.3) is 0 Å². The molecule has 0 aliphatic heterocycles. The highest BCUT2D eigenvalue weighted by molar-refractivity contribution is 5.88. The lowest BCUT2D eigenvalue weighted by atomic mass is 10.2. The topological polar surface area (TPSA) is 46.9 Å². The quantitative estimate of drug-likeness (QED) is 0.903. The molecule has 1 aromatic heterocycles. The van der Waals surface area contributed by atoms with Crippen molar-refractivity contribution in [2.45, 2.75) is 27.3 Å². The number of amides is 1. The molecule has 2 aromatic rings. The number of aromatic nitrogens is 2. The van der Waals surface area contributed by atoms with Gasteiger partial charge in [-0.05, 0) is 17.7 Å². The Labute approximate surface area is 108 Å². The van der Waals surface area contributed by atoms with Crippen molar-refractivity contribution >= 4 is 11.6 Å². The Morgan fingerprint density at radius 1 is 1.39 bits per heavy atom. The largest absolute Gasteiger partial charge is 0.333 e. The molecule has 96 valence electrons. The summed E-state index contributed by atoms with van der Waals surface area (Å²) in [5, 5.41) is 2.76. The summed E-state index contributed by atoms with van der Waals surface area (Å²) in [7, 11) is 0. The second-order valence-electron chi connectivity index (χ2n) is 3.62. The third kappa shape index (κ3) is 4.41. The number of hydrogen-bond donors (Lipinski definition) is 1. The van der Waals surface area contributed by atoms with Gasteiger partial charge in [-0.15, -0.1) is 0 Å². The predicted molar refractivity (Wildman–Crippen MR) is 73.4 cm³/mol. The maximum Gasteiger partial charge on any atom is 0.221 e. The minimum atomic E-state index is -0.0558. The van der Waals surface area contributed by atoms with E-state index in [2.05, 4.69) is 10.3 Å². The van der Waals surface area contributed by atoms with Crippen LogP contribution in [-0.4, -0.2) is 15.5 Å². The lowest BCUT2D eigenvalue weighted by Gasteiger charge is -2.06. The molecule has 0 aliphatic rings. The lowest BCUT2D eigenvalue weighted by molar-refractivity contribution is -0.114. The monoisotopic (exact) mass is 245 g/mol. The van der Waals surface area contributed by atoms with Crippen LogP contribution in [0.3, 0.4) is 0 Å². The summed E-state index contributed by atoms with van der Waals surface area (Å²) in [6.07, 6.45) is 5.42. The average Bonchev–Trinajstić information content (AvgIpc) is 2.84. The predicted octanol–water partition coefficient (Wildman–Crippen LogP) is 2.92. The summed E-state index contributed by atoms with van der Waals surface area (Å²) >= 11 is 0. The van der Waals surface area contributed by atoms with Crippen molar-refractivity contribution in [3.8, 4) is 0 Å². The summed E-state index contributed by atoms with van der Waals surface area (Å²) in [5.41, 5.74) is 1.95. The molecule has 1 heterocycles. The number of benzene rings is 1. The summed E-state index contributed by atoms with van der Waals surface area (Å²) in [5.74, 6) is -0.0558. The molecule has 1 N–H and O–H groups in total. The molecular weight excluding hydrogens is 226 g/mol. The van der Waals surface area contributed by atoms with E-state index in [1.165, 1.54) is 6.92 Å². The van der Waals surface area contributed by atoms with Crippen LogP contribution in [0.2, 0.25) is 0 Å². The number of carbonyl (C=O) groups is 1. The fourth-order valence-corrected chi connectivity index (χ4v) is 1.54. The van der Waals surface area contributed by atoms with E-state index in [1.54, 1.807) is 12.5 Å². The fraction of sp³-hybridized carbons (Fsp3) is 0.286. The molecule has 4 nitrogen and oxygen atoms in total. The van der Waals surface area contributed by atoms with Crippen molar-refractivity contribution in [2.75, 3.05) is 5.32 Å². The molecule has 0 saturated carbocycles. The number of hydrogen-bond acceptors (Lipinski definition) is 2. The molecule has 0 atom stereocenters. The Kier molecular flexibility index (Phi) is 5.64. The summed E-state index contributed by atoms with van der Waals surface area (Å²) in [6.45, 7) is 6.26. The Morgan fingerprint density at radius 2 is 2.17 bits per heavy atom. The molecule has 0 bridgehead atoms. The average molecular weight is 245 g/mol. The van der Waals surface area contributed by atoms with Crippen molar-refractivity contribution < 1.29 is 4.79 Å². The number of carbonyl (C=O) groups excluding carboxylic acids is 1. The Hall–Kier alpha value is -2.10. The van der Waals surface area contributed by atoms with Crippen molar-refractivity contribution in [3.05, 3.63) is 48.5 Å². The van der Waals surface area contributed by atoms with Crippen LogP contribution >= 0.6 is 0 Å². The van der Waals surface area contributed by atoms with Crippen LogP contribution in [0.5, 0.6) is 0 Å². The van der Waals surface area contributed by atoms with Gasteiger partial charge in [0.1, 0.15) is 0 Å². The van der Waals surface area contributed by atoms with Crippen molar-refractivity contribution in [2.24, 2.45) is 0 Å². The minimum Gasteiger partial charge on any atom is -0.333 e. The molecule has 4 heteroatoms. The van der Waals surface area contributed by atoms with E-state index in [0.29, 0.717) is 0 Å². The zero-order chi connectivity index (χ0) is 13.4. The molecule has 0 fully saturated rings. The van der Waals surface area contributed by atoms with Gasteiger partial charge in [-0.3, -0.25) is 4.79 Å². The SMILES string of the molecule is CC.CC(=O)Nc1cccc(Cn2ccnc2)c1. The standard InChI is InChI=1S/C12H13N3O.C2H6/c1-10(16)14-12-4-2-3-11(7-12)8-15-6-5-13-9-15;1-2/h2-7,9H,8H2,1H3,(H,14,16);1-2H3. The first-order valence-corrected chi connectivity index (χ1v) is 6.06. The summed E-state index contributed by atoms with van der Waals surface area (Å²) in [6, 6.07) is 7.78. The van der Waals surface area contributed by atoms with Gasteiger partial charge < -0.3 is 9.88 Å². The molecule has 0 saturated heterocycles. The van der Waals surface area contributed by atoms with E-state index >= 15 is 0 Å². The van der Waals surface area contributed by atoms with E-state index in [4.69, 9.17) is 0 Å². The van der Waals surface area contributed by atoms with Gasteiger partial charge in [-0.25, -0.2) is 4.98 Å². The van der Waals surface area contributed by atoms with Crippen molar-refractivity contribution in [1.82, 2.24) is 9.55 Å². The third-order valence-corrected chi connectivity index (χ3v) is 2.17. The number of nitrogens with one attached hydrogen (secondary N) is 1. The minimum absolute atomic E-state index is 0.0558. The van der Waals surface area contributed by atoms with E-state index in [1.807, 2.05) is 48.9 Å². The van der Waals surface area contributed by atoms with Gasteiger partial charge in [0, 0.05) is 31.5 Å². The molecular formula is C14H19N3O. The molecule has 0 aliphatic carbocycles. The Bertz CT molecular complexity index is 478. The van der Waals surface area contributed by atoms with Crippen molar-refractivity contribution in [1.29, 1.82) is 0 Å². The van der Waals surface area contributed by atoms with Crippen molar-refractivity contribution in [3.63, 3.8) is 0 Å². The zero-order valence-electron chi connectivity index (χ0n) is 11.1. The fourth-order valence-electron chi connectivity index (χ4n) is 1.54. The van der Waals surface area contributed by atoms with Crippen LogP contribution in [0.1, 0.15) is 26.3 Å². The zero-order valence-corrected chi connectivity index (χ0v) is 11.1. The highest BCUT2D eigenvalue weighted by atomic mass is 16.1. The van der Waals surface area contributed by atoms with Gasteiger partial charge in [0.2, 0.25) is 5.91 Å². The highest BCUT2D eigenvalue weighted by Gasteiger charge is 1.98. The molecule has 1 aromatic carbocycles. The van der Waals surface area contributed by atoms with Gasteiger partial charge in [-0.2, -0.15) is 0 Å². The maximum atomic E-state index is 10.9. The van der Waals surface area contributed by atoms with Crippen LogP contribution in [0.4, 0.5) is 5.69 Å². The van der Waals surface area contributed by atoms with E-state index in [9.17, 15) is 4.79 Å². The summed E-state index contributed by atoms with van der Waals surface area (Å²) < 4.78 is 1.98. The van der Waals surface area contributed by atoms with Crippen LogP contribution < -0.4 is 5.32 Å².